The van der Waals surface area contributed by atoms with Crippen LogP contribution >= 0.6 is 11.3 Å². The highest BCUT2D eigenvalue weighted by Gasteiger charge is 2.52. The first-order chi connectivity index (χ1) is 34.7. The molecule has 16 rings (SSSR count). The minimum atomic E-state index is -0.433. The maximum Gasteiger partial charge on any atom is 0.164 e. The van der Waals surface area contributed by atoms with Crippen LogP contribution in [0, 0.1) is 0 Å². The van der Waals surface area contributed by atoms with Crippen LogP contribution in [-0.2, 0) is 5.41 Å². The van der Waals surface area contributed by atoms with Crippen LogP contribution in [0.3, 0.4) is 0 Å². The molecule has 2 aliphatic carbocycles. The number of para-hydroxylation sites is 1. The molecule has 4 aromatic heterocycles. The van der Waals surface area contributed by atoms with Crippen LogP contribution in [0.4, 0.5) is 0 Å². The van der Waals surface area contributed by atoms with Crippen LogP contribution < -0.4 is 0 Å². The van der Waals surface area contributed by atoms with Crippen molar-refractivity contribution in [1.82, 2.24) is 15.0 Å². The van der Waals surface area contributed by atoms with E-state index in [0.717, 1.165) is 66.1 Å². The number of rotatable bonds is 4. The number of aromatic nitrogens is 3. The summed E-state index contributed by atoms with van der Waals surface area (Å²) in [5, 5.41) is 6.41. The van der Waals surface area contributed by atoms with Crippen molar-refractivity contribution in [2.24, 2.45) is 0 Å². The highest BCUT2D eigenvalue weighted by Crippen LogP contribution is 2.64. The Balaban J connectivity index is 0.922. The second-order valence-electron chi connectivity index (χ2n) is 18.5. The molecule has 324 valence electrons. The SMILES string of the molecule is c1ccc2c(c1)-c1ccccc1C21c2ccccc2-c2c(-c3ccc4oc5cccc(-c6nc(-c7ccc8c(c7)sc7ccccc78)nc(-c7cccc8oc9ccccc9c78)n6)c5c4c3)cccc21. The second-order valence-corrected chi connectivity index (χ2v) is 19.6. The van der Waals surface area contributed by atoms with E-state index in [1.807, 2.05) is 42.5 Å². The predicted octanol–water partition coefficient (Wildman–Crippen LogP) is 17.0. The van der Waals surface area contributed by atoms with E-state index in [0.29, 0.717) is 17.5 Å². The Kier molecular flexibility index (Phi) is 7.63. The number of fused-ring (bicyclic) bond motifs is 19. The lowest BCUT2D eigenvalue weighted by Crippen LogP contribution is -2.25. The monoisotopic (exact) mass is 909 g/mol. The summed E-state index contributed by atoms with van der Waals surface area (Å²) in [6.45, 7) is 0. The number of thiophene rings is 1. The molecule has 10 aromatic carbocycles. The maximum atomic E-state index is 6.73. The molecule has 1 spiro atoms. The van der Waals surface area contributed by atoms with Crippen LogP contribution in [0.25, 0.3) is 132 Å². The van der Waals surface area contributed by atoms with Crippen LogP contribution in [0.2, 0.25) is 0 Å². The van der Waals surface area contributed by atoms with E-state index in [1.54, 1.807) is 11.3 Å². The van der Waals surface area contributed by atoms with Crippen molar-refractivity contribution in [1.29, 1.82) is 0 Å². The van der Waals surface area contributed by atoms with Gasteiger partial charge in [0, 0.05) is 58.4 Å². The molecule has 70 heavy (non-hydrogen) atoms. The Labute approximate surface area is 404 Å². The van der Waals surface area contributed by atoms with Crippen LogP contribution in [0.1, 0.15) is 22.3 Å². The van der Waals surface area contributed by atoms with Gasteiger partial charge in [0.05, 0.1) is 5.41 Å². The molecule has 5 nitrogen and oxygen atoms in total. The number of benzene rings is 10. The van der Waals surface area contributed by atoms with Gasteiger partial charge in [-0.3, -0.25) is 0 Å². The molecule has 0 fully saturated rings. The summed E-state index contributed by atoms with van der Waals surface area (Å²) in [4.78, 5) is 16.1. The smallest absolute Gasteiger partial charge is 0.164 e. The third-order valence-electron chi connectivity index (χ3n) is 15.0. The van der Waals surface area contributed by atoms with Gasteiger partial charge in [-0.05, 0) is 98.1 Å². The fourth-order valence-corrected chi connectivity index (χ4v) is 13.3. The Morgan fingerprint density at radius 1 is 0.314 bits per heavy atom. The third-order valence-corrected chi connectivity index (χ3v) is 16.1. The lowest BCUT2D eigenvalue weighted by molar-refractivity contribution is 0.668. The molecule has 0 saturated carbocycles. The first-order valence-electron chi connectivity index (χ1n) is 23.7. The van der Waals surface area contributed by atoms with Gasteiger partial charge in [-0.25, -0.2) is 15.0 Å². The van der Waals surface area contributed by atoms with Crippen molar-refractivity contribution in [2.45, 2.75) is 5.41 Å². The minimum absolute atomic E-state index is 0.433. The Hall–Kier alpha value is -8.97. The van der Waals surface area contributed by atoms with Crippen molar-refractivity contribution in [3.05, 3.63) is 235 Å². The molecule has 0 amide bonds. The van der Waals surface area contributed by atoms with Gasteiger partial charge >= 0.3 is 0 Å². The molecule has 4 heterocycles. The van der Waals surface area contributed by atoms with Crippen molar-refractivity contribution >= 4 is 75.4 Å². The zero-order valence-corrected chi connectivity index (χ0v) is 38.1. The lowest BCUT2D eigenvalue weighted by Gasteiger charge is -2.30. The Bertz CT molecular complexity index is 4530. The zero-order valence-electron chi connectivity index (χ0n) is 37.3. The second kappa shape index (κ2) is 14.0. The summed E-state index contributed by atoms with van der Waals surface area (Å²) in [6.07, 6.45) is 0. The lowest BCUT2D eigenvalue weighted by atomic mass is 9.70. The van der Waals surface area contributed by atoms with Gasteiger partial charge in [-0.1, -0.05) is 170 Å². The number of nitrogens with zero attached hydrogens (tertiary/aromatic N) is 3. The number of hydrogen-bond donors (Lipinski definition) is 0. The average Bonchev–Trinajstić information content (AvgIpc) is 4.23. The normalized spacial score (nSPS) is 13.3. The zero-order chi connectivity index (χ0) is 45.7. The maximum absolute atomic E-state index is 6.73. The third kappa shape index (κ3) is 5.07. The first kappa shape index (κ1) is 38.0. The van der Waals surface area contributed by atoms with Gasteiger partial charge < -0.3 is 8.83 Å². The molecular weight excluding hydrogens is 875 g/mol. The summed E-state index contributed by atoms with van der Waals surface area (Å²) >= 11 is 1.79. The number of furan rings is 2. The Morgan fingerprint density at radius 2 is 0.814 bits per heavy atom. The predicted molar refractivity (Wildman–Crippen MR) is 285 cm³/mol. The molecule has 14 aromatic rings. The van der Waals surface area contributed by atoms with Crippen LogP contribution in [-0.4, -0.2) is 15.0 Å². The molecule has 6 heteroatoms. The minimum Gasteiger partial charge on any atom is -0.456 e. The van der Waals surface area contributed by atoms with Crippen LogP contribution in [0.15, 0.2) is 221 Å². The van der Waals surface area contributed by atoms with Crippen molar-refractivity contribution in [3.63, 3.8) is 0 Å². The van der Waals surface area contributed by atoms with Gasteiger partial charge in [0.2, 0.25) is 0 Å². The van der Waals surface area contributed by atoms with E-state index in [1.165, 1.54) is 70.2 Å². The summed E-state index contributed by atoms with van der Waals surface area (Å²) < 4.78 is 15.6. The van der Waals surface area contributed by atoms with Crippen molar-refractivity contribution < 1.29 is 8.83 Å². The van der Waals surface area contributed by atoms with Gasteiger partial charge in [-0.15, -0.1) is 11.3 Å². The Morgan fingerprint density at radius 3 is 1.56 bits per heavy atom. The fraction of sp³-hybridized carbons (Fsp3) is 0.0156. The molecule has 0 saturated heterocycles. The first-order valence-corrected chi connectivity index (χ1v) is 24.5. The molecule has 0 N–H and O–H groups in total. The van der Waals surface area contributed by atoms with E-state index < -0.39 is 5.41 Å². The van der Waals surface area contributed by atoms with E-state index in [-0.39, 0.29) is 0 Å². The highest BCUT2D eigenvalue weighted by molar-refractivity contribution is 7.25. The largest absolute Gasteiger partial charge is 0.456 e. The quantitative estimate of drug-likeness (QED) is 0.176. The van der Waals surface area contributed by atoms with E-state index in [2.05, 4.69) is 170 Å². The fourth-order valence-electron chi connectivity index (χ4n) is 12.1. The molecule has 0 bridgehead atoms. The topological polar surface area (TPSA) is 65.0 Å². The molecule has 0 atom stereocenters. The van der Waals surface area contributed by atoms with Gasteiger partial charge in [0.1, 0.15) is 22.3 Å². The van der Waals surface area contributed by atoms with Gasteiger partial charge in [0.15, 0.2) is 17.5 Å². The molecule has 0 aliphatic heterocycles. The summed E-state index contributed by atoms with van der Waals surface area (Å²) in [6, 6.07) is 76.1. The molecule has 2 aliphatic rings. The summed E-state index contributed by atoms with van der Waals surface area (Å²) in [7, 11) is 0. The molecule has 0 unspecified atom stereocenters. The van der Waals surface area contributed by atoms with E-state index >= 15 is 0 Å². The molecular formula is C64H35N3O2S. The van der Waals surface area contributed by atoms with E-state index in [9.17, 15) is 0 Å². The van der Waals surface area contributed by atoms with Crippen molar-refractivity contribution in [2.75, 3.05) is 0 Å². The summed E-state index contributed by atoms with van der Waals surface area (Å²) in [5.41, 5.74) is 18.1. The van der Waals surface area contributed by atoms with Crippen LogP contribution in [0.5, 0.6) is 0 Å². The number of hydrogen-bond acceptors (Lipinski definition) is 6. The van der Waals surface area contributed by atoms with E-state index in [4.69, 9.17) is 23.8 Å². The van der Waals surface area contributed by atoms with Crippen molar-refractivity contribution in [3.8, 4) is 67.5 Å². The van der Waals surface area contributed by atoms with Gasteiger partial charge in [-0.2, -0.15) is 0 Å². The average molecular weight is 910 g/mol. The molecule has 0 radical (unpaired) electrons. The van der Waals surface area contributed by atoms with Gasteiger partial charge in [0.25, 0.3) is 0 Å². The summed E-state index contributed by atoms with van der Waals surface area (Å²) in [5.74, 6) is 1.73. The highest BCUT2D eigenvalue weighted by atomic mass is 32.1. The standard InChI is InChI=1S/C64H35N3O2S/c1-6-22-48-39(14-1)40-15-2-7-23-49(40)64(48)50-24-8-3-17-43(50)58-38(19-11-25-51(58)64)36-31-33-53-47(34-36)60-46(21-13-28-55(60)69-53)63-66-61(37-30-32-42-41-16-5-10-29-56(41)70-57(42)35-37)65-62(67-63)45-20-12-27-54-59(45)44-18-4-9-26-52(44)68-54/h1-35H.